The fraction of sp³-hybridized carbons (Fsp3) is 0.353. The van der Waals surface area contributed by atoms with Crippen LogP contribution < -0.4 is 10.2 Å². The zero-order valence-electron chi connectivity index (χ0n) is 14.2. The van der Waals surface area contributed by atoms with Gasteiger partial charge >= 0.3 is 0 Å². The molecule has 1 amide bonds. The highest BCUT2D eigenvalue weighted by Crippen LogP contribution is 2.27. The lowest BCUT2D eigenvalue weighted by Crippen LogP contribution is -2.44. The van der Waals surface area contributed by atoms with Crippen molar-refractivity contribution < 1.29 is 13.6 Å². The first kappa shape index (κ1) is 18.5. The lowest BCUT2D eigenvalue weighted by molar-refractivity contribution is 0.102. The van der Waals surface area contributed by atoms with Gasteiger partial charge in [-0.1, -0.05) is 0 Å². The van der Waals surface area contributed by atoms with Crippen molar-refractivity contribution in [3.8, 4) is 0 Å². The van der Waals surface area contributed by atoms with Crippen LogP contribution in [0.1, 0.15) is 10.4 Å². The normalized spacial score (nSPS) is 15.3. The summed E-state index contributed by atoms with van der Waals surface area (Å²) in [5.41, 5.74) is 0.616. The fourth-order valence-electron chi connectivity index (χ4n) is 2.62. The largest absolute Gasteiger partial charge is 0.354 e. The lowest BCUT2D eigenvalue weighted by atomic mass is 10.2. The number of alkyl halides is 2. The molecular weight excluding hydrogens is 360 g/mol. The molecule has 0 unspecified atom stereocenters. The molecule has 0 bridgehead atoms. The van der Waals surface area contributed by atoms with Crippen molar-refractivity contribution in [2.45, 2.75) is 10.8 Å². The maximum atomic E-state index is 12.6. The number of nitrogens with one attached hydrogen (secondary N) is 1. The van der Waals surface area contributed by atoms with Gasteiger partial charge in [-0.3, -0.25) is 4.79 Å². The molecule has 3 rings (SSSR count). The van der Waals surface area contributed by atoms with E-state index >= 15 is 0 Å². The molecule has 0 spiro atoms. The molecule has 1 N–H and O–H groups in total. The first-order chi connectivity index (χ1) is 12.5. The van der Waals surface area contributed by atoms with Crippen LogP contribution in [0.4, 0.5) is 20.3 Å². The summed E-state index contributed by atoms with van der Waals surface area (Å²) in [5, 5.41) is 2.68. The topological polar surface area (TPSA) is 61.4 Å². The molecule has 0 saturated carbocycles. The van der Waals surface area contributed by atoms with E-state index in [1.807, 2.05) is 6.07 Å². The Morgan fingerprint density at radius 3 is 2.62 bits per heavy atom. The standard InChI is InChI=1S/C17H19F2N5OS/c1-23-7-9-24(10-8-23)14-5-4-12(11-21-14)22-15(25)13-3-2-6-20-16(13)26-17(18)19/h2-6,11,17H,7-10H2,1H3,(H,22,25). The quantitative estimate of drug-likeness (QED) is 0.806. The van der Waals surface area contributed by atoms with Crippen LogP contribution in [0.5, 0.6) is 0 Å². The monoisotopic (exact) mass is 379 g/mol. The third-order valence-electron chi connectivity index (χ3n) is 4.05. The number of anilines is 2. The molecule has 0 radical (unpaired) electrons. The number of likely N-dealkylation sites (N-methyl/N-ethyl adjacent to an activating group) is 1. The minimum atomic E-state index is -2.64. The maximum Gasteiger partial charge on any atom is 0.290 e. The van der Waals surface area contributed by atoms with Crippen LogP contribution in [-0.4, -0.2) is 59.8 Å². The molecule has 1 aliphatic rings. The zero-order valence-corrected chi connectivity index (χ0v) is 15.0. The molecular formula is C17H19F2N5OS. The number of hydrogen-bond acceptors (Lipinski definition) is 6. The first-order valence-corrected chi connectivity index (χ1v) is 9.01. The second-order valence-electron chi connectivity index (χ2n) is 5.88. The minimum absolute atomic E-state index is 0.00187. The van der Waals surface area contributed by atoms with E-state index in [0.717, 1.165) is 32.0 Å². The summed E-state index contributed by atoms with van der Waals surface area (Å²) in [5.74, 6) is -2.28. The van der Waals surface area contributed by atoms with Gasteiger partial charge in [-0.05, 0) is 43.1 Å². The van der Waals surface area contributed by atoms with Gasteiger partial charge in [-0.2, -0.15) is 8.78 Å². The van der Waals surface area contributed by atoms with Crippen LogP contribution in [0.2, 0.25) is 0 Å². The summed E-state index contributed by atoms with van der Waals surface area (Å²) in [4.78, 5) is 25.1. The first-order valence-electron chi connectivity index (χ1n) is 8.13. The summed E-state index contributed by atoms with van der Waals surface area (Å²) < 4.78 is 25.2. The Bertz CT molecular complexity index is 751. The summed E-state index contributed by atoms with van der Waals surface area (Å²) in [7, 11) is 2.09. The van der Waals surface area contributed by atoms with E-state index in [1.165, 1.54) is 12.3 Å². The van der Waals surface area contributed by atoms with Gasteiger partial charge in [0.25, 0.3) is 11.7 Å². The van der Waals surface area contributed by atoms with Crippen LogP contribution in [0.3, 0.4) is 0 Å². The van der Waals surface area contributed by atoms with Crippen molar-refractivity contribution in [3.05, 3.63) is 42.2 Å². The van der Waals surface area contributed by atoms with Gasteiger partial charge in [-0.25, -0.2) is 9.97 Å². The van der Waals surface area contributed by atoms with Gasteiger partial charge in [-0.15, -0.1) is 0 Å². The summed E-state index contributed by atoms with van der Waals surface area (Å²) in [6.45, 7) is 3.76. The highest BCUT2D eigenvalue weighted by Gasteiger charge is 2.18. The van der Waals surface area contributed by atoms with Crippen LogP contribution >= 0.6 is 11.8 Å². The van der Waals surface area contributed by atoms with Gasteiger partial charge < -0.3 is 15.1 Å². The van der Waals surface area contributed by atoms with E-state index in [9.17, 15) is 13.6 Å². The molecule has 2 aromatic rings. The lowest BCUT2D eigenvalue weighted by Gasteiger charge is -2.33. The molecule has 2 aromatic heterocycles. The van der Waals surface area contributed by atoms with Gasteiger partial charge in [0.2, 0.25) is 0 Å². The van der Waals surface area contributed by atoms with Crippen LogP contribution in [0.15, 0.2) is 41.7 Å². The van der Waals surface area contributed by atoms with E-state index in [4.69, 9.17) is 0 Å². The van der Waals surface area contributed by atoms with Crippen molar-refractivity contribution in [2.75, 3.05) is 43.4 Å². The second kappa shape index (κ2) is 8.41. The molecule has 3 heterocycles. The van der Waals surface area contributed by atoms with E-state index < -0.39 is 11.7 Å². The number of hydrogen-bond donors (Lipinski definition) is 1. The smallest absolute Gasteiger partial charge is 0.290 e. The third-order valence-corrected chi connectivity index (χ3v) is 4.78. The number of carbonyl (C=O) groups is 1. The van der Waals surface area contributed by atoms with Crippen molar-refractivity contribution in [1.82, 2.24) is 14.9 Å². The number of carbonyl (C=O) groups excluding carboxylic acids is 1. The molecule has 26 heavy (non-hydrogen) atoms. The van der Waals surface area contributed by atoms with Crippen LogP contribution in [-0.2, 0) is 0 Å². The number of amides is 1. The SMILES string of the molecule is CN1CCN(c2ccc(NC(=O)c3cccnc3SC(F)F)cn2)CC1. The zero-order chi connectivity index (χ0) is 18.5. The molecule has 1 saturated heterocycles. The number of aromatic nitrogens is 2. The molecule has 1 aliphatic heterocycles. The molecule has 1 fully saturated rings. The summed E-state index contributed by atoms with van der Waals surface area (Å²) >= 11 is 0.254. The maximum absolute atomic E-state index is 12.6. The Morgan fingerprint density at radius 2 is 1.96 bits per heavy atom. The van der Waals surface area contributed by atoms with Gasteiger partial charge in [0.05, 0.1) is 17.4 Å². The van der Waals surface area contributed by atoms with Crippen molar-refractivity contribution in [1.29, 1.82) is 0 Å². The number of halogens is 2. The Balaban J connectivity index is 1.67. The highest BCUT2D eigenvalue weighted by molar-refractivity contribution is 7.99. The van der Waals surface area contributed by atoms with Gasteiger partial charge in [0, 0.05) is 32.4 Å². The predicted molar refractivity (Wildman–Crippen MR) is 98.0 cm³/mol. The molecule has 0 aromatic carbocycles. The second-order valence-corrected chi connectivity index (χ2v) is 6.86. The van der Waals surface area contributed by atoms with Crippen molar-refractivity contribution in [2.24, 2.45) is 0 Å². The summed E-state index contributed by atoms with van der Waals surface area (Å²) in [6.07, 6.45) is 2.95. The Morgan fingerprint density at radius 1 is 1.19 bits per heavy atom. The van der Waals surface area contributed by atoms with Crippen molar-refractivity contribution >= 4 is 29.2 Å². The fourth-order valence-corrected chi connectivity index (χ4v) is 3.20. The highest BCUT2D eigenvalue weighted by atomic mass is 32.2. The van der Waals surface area contributed by atoms with E-state index in [2.05, 4.69) is 32.1 Å². The molecule has 0 aliphatic carbocycles. The molecule has 0 atom stereocenters. The Labute approximate surface area is 154 Å². The number of nitrogens with zero attached hydrogens (tertiary/aromatic N) is 4. The predicted octanol–water partition coefficient (Wildman–Crippen LogP) is 2.80. The average molecular weight is 379 g/mol. The number of piperazine rings is 1. The van der Waals surface area contributed by atoms with E-state index in [1.54, 1.807) is 18.3 Å². The van der Waals surface area contributed by atoms with E-state index in [-0.39, 0.29) is 22.4 Å². The number of thioether (sulfide) groups is 1. The summed E-state index contributed by atoms with van der Waals surface area (Å²) in [6, 6.07) is 6.62. The number of rotatable bonds is 5. The Hall–Kier alpha value is -2.26. The molecule has 9 heteroatoms. The Kier molecular flexibility index (Phi) is 6.00. The molecule has 6 nitrogen and oxygen atoms in total. The average Bonchev–Trinajstić information content (AvgIpc) is 2.63. The van der Waals surface area contributed by atoms with Gasteiger partial charge in [0.15, 0.2) is 0 Å². The van der Waals surface area contributed by atoms with E-state index in [0.29, 0.717) is 5.69 Å². The third kappa shape index (κ3) is 4.67. The molecule has 138 valence electrons. The minimum Gasteiger partial charge on any atom is -0.354 e. The van der Waals surface area contributed by atoms with Crippen molar-refractivity contribution in [3.63, 3.8) is 0 Å². The van der Waals surface area contributed by atoms with Crippen LogP contribution in [0, 0.1) is 0 Å². The van der Waals surface area contributed by atoms with Gasteiger partial charge in [0.1, 0.15) is 10.8 Å². The van der Waals surface area contributed by atoms with Crippen LogP contribution in [0.25, 0.3) is 0 Å². The number of pyridine rings is 2.